The van der Waals surface area contributed by atoms with Crippen molar-refractivity contribution in [2.24, 2.45) is 0 Å². The number of rotatable bonds is 8. The molecule has 0 bridgehead atoms. The minimum absolute atomic E-state index is 0.0951. The van der Waals surface area contributed by atoms with Crippen molar-refractivity contribution < 1.29 is 14.3 Å². The van der Waals surface area contributed by atoms with Crippen molar-refractivity contribution in [3.8, 4) is 22.9 Å². The van der Waals surface area contributed by atoms with Crippen molar-refractivity contribution in [2.45, 2.75) is 44.8 Å². The zero-order chi connectivity index (χ0) is 23.3. The molecule has 0 spiro atoms. The van der Waals surface area contributed by atoms with Crippen LogP contribution in [0.5, 0.6) is 11.5 Å². The minimum Gasteiger partial charge on any atom is -0.497 e. The molecule has 8 heteroatoms. The Kier molecular flexibility index (Phi) is 7.45. The molecule has 3 rings (SSSR count). The molecule has 0 atom stereocenters. The molecule has 0 saturated heterocycles. The third kappa shape index (κ3) is 5.43. The number of anilines is 1. The number of hydrogen-bond acceptors (Lipinski definition) is 6. The molecule has 1 N–H and O–H groups in total. The first-order chi connectivity index (χ1) is 15.3. The van der Waals surface area contributed by atoms with E-state index >= 15 is 0 Å². The molecule has 7 nitrogen and oxygen atoms in total. The maximum Gasteiger partial charge on any atom is 0.234 e. The standard InChI is InChI=1S/C24H30N4O3S/c1-7-28-22(16-8-10-17(11-9-16)24(2,3)4)26-27-23(28)32-15-21(29)25-19-13-12-18(30-5)14-20(19)31-6/h8-14H,7,15H2,1-6H3,(H,25,29). The third-order valence-corrected chi connectivity index (χ3v) is 6.02. The highest BCUT2D eigenvalue weighted by Gasteiger charge is 2.17. The number of methoxy groups -OCH3 is 2. The first kappa shape index (κ1) is 23.7. The largest absolute Gasteiger partial charge is 0.497 e. The number of benzene rings is 2. The maximum atomic E-state index is 12.5. The fourth-order valence-corrected chi connectivity index (χ4v) is 4.03. The van der Waals surface area contributed by atoms with Crippen LogP contribution in [-0.4, -0.2) is 40.6 Å². The summed E-state index contributed by atoms with van der Waals surface area (Å²) in [6.07, 6.45) is 0. The minimum atomic E-state index is -0.153. The number of aromatic nitrogens is 3. The molecule has 32 heavy (non-hydrogen) atoms. The monoisotopic (exact) mass is 454 g/mol. The van der Waals surface area contributed by atoms with Crippen LogP contribution in [0.1, 0.15) is 33.3 Å². The Morgan fingerprint density at radius 1 is 1.06 bits per heavy atom. The van der Waals surface area contributed by atoms with Gasteiger partial charge < -0.3 is 19.4 Å². The topological polar surface area (TPSA) is 78.3 Å². The number of hydrogen-bond donors (Lipinski definition) is 1. The summed E-state index contributed by atoms with van der Waals surface area (Å²) < 4.78 is 12.6. The van der Waals surface area contributed by atoms with Crippen LogP contribution in [0.3, 0.4) is 0 Å². The molecule has 1 amide bonds. The fourth-order valence-electron chi connectivity index (χ4n) is 3.23. The van der Waals surface area contributed by atoms with E-state index in [0.717, 1.165) is 11.4 Å². The molecule has 0 aliphatic heterocycles. The molecule has 0 saturated carbocycles. The second-order valence-electron chi connectivity index (χ2n) is 8.28. The third-order valence-electron chi connectivity index (χ3n) is 5.06. The molecule has 0 fully saturated rings. The van der Waals surface area contributed by atoms with Gasteiger partial charge in [0.15, 0.2) is 11.0 Å². The van der Waals surface area contributed by atoms with Crippen LogP contribution in [-0.2, 0) is 16.8 Å². The predicted molar refractivity (Wildman–Crippen MR) is 129 cm³/mol. The van der Waals surface area contributed by atoms with E-state index in [4.69, 9.17) is 9.47 Å². The SMILES string of the molecule is CCn1c(SCC(=O)Nc2ccc(OC)cc2OC)nnc1-c1ccc(C(C)(C)C)cc1. The number of ether oxygens (including phenoxy) is 2. The highest BCUT2D eigenvalue weighted by Crippen LogP contribution is 2.30. The van der Waals surface area contributed by atoms with E-state index in [1.807, 2.05) is 11.5 Å². The number of carbonyl (C=O) groups is 1. The van der Waals surface area contributed by atoms with E-state index in [1.165, 1.54) is 17.3 Å². The normalized spacial score (nSPS) is 11.3. The summed E-state index contributed by atoms with van der Waals surface area (Å²) in [6.45, 7) is 9.33. The van der Waals surface area contributed by atoms with Crippen LogP contribution >= 0.6 is 11.8 Å². The van der Waals surface area contributed by atoms with Crippen molar-refractivity contribution in [2.75, 3.05) is 25.3 Å². The van der Waals surface area contributed by atoms with Gasteiger partial charge in [-0.1, -0.05) is 56.8 Å². The van der Waals surface area contributed by atoms with Crippen LogP contribution < -0.4 is 14.8 Å². The Balaban J connectivity index is 1.70. The first-order valence-corrected chi connectivity index (χ1v) is 11.4. The van der Waals surface area contributed by atoms with Crippen molar-refractivity contribution in [3.63, 3.8) is 0 Å². The smallest absolute Gasteiger partial charge is 0.234 e. The van der Waals surface area contributed by atoms with Gasteiger partial charge in [-0.05, 0) is 30.0 Å². The lowest BCUT2D eigenvalue weighted by atomic mass is 9.87. The van der Waals surface area contributed by atoms with E-state index in [2.05, 4.69) is 60.6 Å². The average molecular weight is 455 g/mol. The highest BCUT2D eigenvalue weighted by atomic mass is 32.2. The summed E-state index contributed by atoms with van der Waals surface area (Å²) >= 11 is 1.35. The highest BCUT2D eigenvalue weighted by molar-refractivity contribution is 7.99. The van der Waals surface area contributed by atoms with Gasteiger partial charge in [0.05, 0.1) is 25.7 Å². The van der Waals surface area contributed by atoms with Gasteiger partial charge in [0, 0.05) is 18.2 Å². The lowest BCUT2D eigenvalue weighted by Gasteiger charge is -2.19. The Labute approximate surface area is 193 Å². The van der Waals surface area contributed by atoms with E-state index in [-0.39, 0.29) is 17.1 Å². The van der Waals surface area contributed by atoms with Gasteiger partial charge in [-0.15, -0.1) is 10.2 Å². The zero-order valence-electron chi connectivity index (χ0n) is 19.4. The Bertz CT molecular complexity index is 1070. The van der Waals surface area contributed by atoms with Crippen LogP contribution in [0.15, 0.2) is 47.6 Å². The molecule has 0 aliphatic rings. The average Bonchev–Trinajstić information content (AvgIpc) is 3.20. The molecular formula is C24H30N4O3S. The van der Waals surface area contributed by atoms with Crippen LogP contribution in [0.2, 0.25) is 0 Å². The summed E-state index contributed by atoms with van der Waals surface area (Å²) in [4.78, 5) is 12.5. The van der Waals surface area contributed by atoms with Gasteiger partial charge in [0.1, 0.15) is 11.5 Å². The lowest BCUT2D eigenvalue weighted by molar-refractivity contribution is -0.113. The molecule has 3 aromatic rings. The zero-order valence-corrected chi connectivity index (χ0v) is 20.2. The van der Waals surface area contributed by atoms with Crippen molar-refractivity contribution in [1.82, 2.24) is 14.8 Å². The second kappa shape index (κ2) is 10.1. The van der Waals surface area contributed by atoms with Crippen molar-refractivity contribution >= 4 is 23.4 Å². The van der Waals surface area contributed by atoms with Crippen LogP contribution in [0, 0.1) is 0 Å². The molecule has 2 aromatic carbocycles. The van der Waals surface area contributed by atoms with Crippen molar-refractivity contribution in [1.29, 1.82) is 0 Å². The molecule has 1 aromatic heterocycles. The number of nitrogens with zero attached hydrogens (tertiary/aromatic N) is 3. The summed E-state index contributed by atoms with van der Waals surface area (Å²) in [5.74, 6) is 2.05. The van der Waals surface area contributed by atoms with Gasteiger partial charge in [0.25, 0.3) is 0 Å². The van der Waals surface area contributed by atoms with E-state index in [1.54, 1.807) is 32.4 Å². The predicted octanol–water partition coefficient (Wildman–Crippen LogP) is 5.01. The van der Waals surface area contributed by atoms with Crippen molar-refractivity contribution in [3.05, 3.63) is 48.0 Å². The summed E-state index contributed by atoms with van der Waals surface area (Å²) in [6, 6.07) is 13.7. The second-order valence-corrected chi connectivity index (χ2v) is 9.22. The van der Waals surface area contributed by atoms with Gasteiger partial charge >= 0.3 is 0 Å². The van der Waals surface area contributed by atoms with E-state index in [0.29, 0.717) is 28.9 Å². The van der Waals surface area contributed by atoms with Gasteiger partial charge in [-0.25, -0.2) is 0 Å². The van der Waals surface area contributed by atoms with Gasteiger partial charge in [0.2, 0.25) is 5.91 Å². The molecule has 0 radical (unpaired) electrons. The fraction of sp³-hybridized carbons (Fsp3) is 0.375. The van der Waals surface area contributed by atoms with Gasteiger partial charge in [-0.2, -0.15) is 0 Å². The number of nitrogens with one attached hydrogen (secondary N) is 1. The molecule has 0 aliphatic carbocycles. The quantitative estimate of drug-likeness (QED) is 0.482. The van der Waals surface area contributed by atoms with E-state index in [9.17, 15) is 4.79 Å². The number of thioether (sulfide) groups is 1. The number of amides is 1. The van der Waals surface area contributed by atoms with Gasteiger partial charge in [-0.3, -0.25) is 4.79 Å². The van der Waals surface area contributed by atoms with Crippen LogP contribution in [0.25, 0.3) is 11.4 Å². The lowest BCUT2D eigenvalue weighted by Crippen LogP contribution is -2.15. The molecular weight excluding hydrogens is 424 g/mol. The summed E-state index contributed by atoms with van der Waals surface area (Å²) in [7, 11) is 3.14. The summed E-state index contributed by atoms with van der Waals surface area (Å²) in [5.41, 5.74) is 2.96. The first-order valence-electron chi connectivity index (χ1n) is 10.5. The molecule has 0 unspecified atom stereocenters. The Morgan fingerprint density at radius 2 is 1.78 bits per heavy atom. The molecule has 1 heterocycles. The Hall–Kier alpha value is -3.00. The number of carbonyl (C=O) groups excluding carboxylic acids is 1. The summed E-state index contributed by atoms with van der Waals surface area (Å²) in [5, 5.41) is 12.3. The van der Waals surface area contributed by atoms with E-state index < -0.39 is 0 Å². The Morgan fingerprint density at radius 3 is 2.38 bits per heavy atom. The maximum absolute atomic E-state index is 12.5. The van der Waals surface area contributed by atoms with Crippen LogP contribution in [0.4, 0.5) is 5.69 Å². The molecule has 170 valence electrons.